The van der Waals surface area contributed by atoms with Gasteiger partial charge in [0.05, 0.1) is 19.0 Å². The van der Waals surface area contributed by atoms with Gasteiger partial charge in [0.25, 0.3) is 0 Å². The summed E-state index contributed by atoms with van der Waals surface area (Å²) in [5.74, 6) is 0.784. The highest BCUT2D eigenvalue weighted by atomic mass is 16.5. The van der Waals surface area contributed by atoms with Crippen molar-refractivity contribution in [2.45, 2.75) is 19.3 Å². The molecule has 0 amide bonds. The molecule has 1 saturated heterocycles. The Bertz CT molecular complexity index is 568. The highest BCUT2D eigenvalue weighted by molar-refractivity contribution is 5.08. The third-order valence-electron chi connectivity index (χ3n) is 4.20. The van der Waals surface area contributed by atoms with Gasteiger partial charge in [0.15, 0.2) is 0 Å². The second-order valence-corrected chi connectivity index (χ2v) is 6.19. The van der Waals surface area contributed by atoms with E-state index in [0.717, 1.165) is 38.5 Å². The number of aliphatic hydroxyl groups is 1. The Labute approximate surface area is 142 Å². The van der Waals surface area contributed by atoms with Crippen molar-refractivity contribution in [3.8, 4) is 0 Å². The van der Waals surface area contributed by atoms with Crippen molar-refractivity contribution in [3.05, 3.63) is 54.2 Å². The van der Waals surface area contributed by atoms with Crippen LogP contribution in [0, 0.1) is 0 Å². The number of ether oxygens (including phenoxy) is 1. The number of pyridine rings is 1. The average Bonchev–Trinajstić information content (AvgIpc) is 3.11. The molecule has 6 nitrogen and oxygen atoms in total. The number of hydrogen-bond donors (Lipinski definition) is 1. The average molecular weight is 331 g/mol. The molecule has 1 N–H and O–H groups in total. The van der Waals surface area contributed by atoms with E-state index in [9.17, 15) is 5.11 Å². The van der Waals surface area contributed by atoms with Crippen molar-refractivity contribution in [2.75, 3.05) is 39.3 Å². The van der Waals surface area contributed by atoms with Crippen LogP contribution in [-0.2, 0) is 17.9 Å². The second-order valence-electron chi connectivity index (χ2n) is 6.19. The summed E-state index contributed by atoms with van der Waals surface area (Å²) in [5.41, 5.74) is 1.25. The maximum absolute atomic E-state index is 10.1. The summed E-state index contributed by atoms with van der Waals surface area (Å²) in [6.45, 7) is 6.28. The quantitative estimate of drug-likeness (QED) is 0.788. The summed E-state index contributed by atoms with van der Waals surface area (Å²) in [6.07, 6.45) is 4.88. The van der Waals surface area contributed by atoms with Gasteiger partial charge in [-0.05, 0) is 23.8 Å². The third kappa shape index (κ3) is 5.42. The molecule has 2 aromatic heterocycles. The lowest BCUT2D eigenvalue weighted by molar-refractivity contribution is -0.00308. The van der Waals surface area contributed by atoms with Crippen molar-refractivity contribution >= 4 is 0 Å². The van der Waals surface area contributed by atoms with Crippen LogP contribution in [-0.4, -0.2) is 65.3 Å². The summed E-state index contributed by atoms with van der Waals surface area (Å²) in [4.78, 5) is 8.88. The molecule has 0 aromatic carbocycles. The molecular weight excluding hydrogens is 306 g/mol. The van der Waals surface area contributed by atoms with Crippen LogP contribution in [0.5, 0.6) is 0 Å². The number of furan rings is 1. The zero-order chi connectivity index (χ0) is 16.6. The minimum atomic E-state index is -0.468. The number of rotatable bonds is 8. The number of aromatic nitrogens is 1. The molecule has 1 atom stereocenters. The van der Waals surface area contributed by atoms with Crippen molar-refractivity contribution in [2.24, 2.45) is 0 Å². The molecule has 3 rings (SSSR count). The fourth-order valence-corrected chi connectivity index (χ4v) is 2.92. The van der Waals surface area contributed by atoms with Crippen LogP contribution in [0.4, 0.5) is 0 Å². The maximum atomic E-state index is 10.1. The summed E-state index contributed by atoms with van der Waals surface area (Å²) in [7, 11) is 0. The van der Waals surface area contributed by atoms with Crippen LogP contribution < -0.4 is 0 Å². The zero-order valence-electron chi connectivity index (χ0n) is 13.9. The lowest BCUT2D eigenvalue weighted by Crippen LogP contribution is -2.48. The maximum Gasteiger partial charge on any atom is 0.129 e. The van der Waals surface area contributed by atoms with Crippen molar-refractivity contribution in [1.82, 2.24) is 14.8 Å². The SMILES string of the molecule is OC(COCc1ccco1)CN1CCN(Cc2cccnc2)CC1. The first-order valence-corrected chi connectivity index (χ1v) is 8.41. The summed E-state index contributed by atoms with van der Waals surface area (Å²) >= 11 is 0. The summed E-state index contributed by atoms with van der Waals surface area (Å²) < 4.78 is 10.7. The van der Waals surface area contributed by atoms with Gasteiger partial charge in [-0.1, -0.05) is 6.07 Å². The molecule has 0 aliphatic carbocycles. The van der Waals surface area contributed by atoms with E-state index in [0.29, 0.717) is 19.8 Å². The molecule has 0 saturated carbocycles. The number of piperazine rings is 1. The highest BCUT2D eigenvalue weighted by Crippen LogP contribution is 2.08. The van der Waals surface area contributed by atoms with E-state index in [-0.39, 0.29) is 0 Å². The molecule has 6 heteroatoms. The molecule has 1 aliphatic rings. The summed E-state index contributed by atoms with van der Waals surface area (Å²) in [5, 5.41) is 10.1. The number of aliphatic hydroxyl groups excluding tert-OH is 1. The standard InChI is InChI=1S/C18H25N3O3/c22-17(14-23-15-18-4-2-10-24-18)13-21-8-6-20(7-9-21)12-16-3-1-5-19-11-16/h1-5,10-11,17,22H,6-9,12-15H2. The van der Waals surface area contributed by atoms with Crippen LogP contribution in [0.1, 0.15) is 11.3 Å². The molecule has 1 aliphatic heterocycles. The molecule has 0 spiro atoms. The minimum absolute atomic E-state index is 0.330. The number of β-amino-alcohol motifs (C(OH)–C–C–N with tert-alkyl or cyclic N) is 1. The van der Waals surface area contributed by atoms with Crippen molar-refractivity contribution in [1.29, 1.82) is 0 Å². The molecule has 0 radical (unpaired) electrons. The molecule has 24 heavy (non-hydrogen) atoms. The third-order valence-corrected chi connectivity index (χ3v) is 4.20. The smallest absolute Gasteiger partial charge is 0.129 e. The molecular formula is C18H25N3O3. The van der Waals surface area contributed by atoms with Crippen molar-refractivity contribution in [3.63, 3.8) is 0 Å². The van der Waals surface area contributed by atoms with Gasteiger partial charge >= 0.3 is 0 Å². The van der Waals surface area contributed by atoms with Gasteiger partial charge in [-0.3, -0.25) is 14.8 Å². The van der Waals surface area contributed by atoms with Crippen LogP contribution in [0.25, 0.3) is 0 Å². The van der Waals surface area contributed by atoms with E-state index < -0.39 is 6.10 Å². The molecule has 130 valence electrons. The number of hydrogen-bond acceptors (Lipinski definition) is 6. The van der Waals surface area contributed by atoms with E-state index in [2.05, 4.69) is 20.9 Å². The van der Waals surface area contributed by atoms with E-state index in [1.165, 1.54) is 5.56 Å². The lowest BCUT2D eigenvalue weighted by atomic mass is 10.2. The normalized spacial score (nSPS) is 17.9. The topological polar surface area (TPSA) is 62.0 Å². The Morgan fingerprint density at radius 2 is 2.00 bits per heavy atom. The first-order chi connectivity index (χ1) is 11.8. The van der Waals surface area contributed by atoms with E-state index in [1.807, 2.05) is 24.4 Å². The van der Waals surface area contributed by atoms with Crippen LogP contribution >= 0.6 is 0 Å². The number of nitrogens with zero attached hydrogens (tertiary/aromatic N) is 3. The lowest BCUT2D eigenvalue weighted by Gasteiger charge is -2.35. The Balaban J connectivity index is 1.31. The van der Waals surface area contributed by atoms with E-state index in [1.54, 1.807) is 12.5 Å². The minimum Gasteiger partial charge on any atom is -0.467 e. The molecule has 1 unspecified atom stereocenters. The van der Waals surface area contributed by atoms with Crippen LogP contribution in [0.3, 0.4) is 0 Å². The zero-order valence-corrected chi connectivity index (χ0v) is 13.9. The van der Waals surface area contributed by atoms with Crippen LogP contribution in [0.15, 0.2) is 47.3 Å². The fraction of sp³-hybridized carbons (Fsp3) is 0.500. The van der Waals surface area contributed by atoms with Gasteiger partial charge in [-0.2, -0.15) is 0 Å². The molecule has 0 bridgehead atoms. The van der Waals surface area contributed by atoms with E-state index >= 15 is 0 Å². The first-order valence-electron chi connectivity index (χ1n) is 8.41. The van der Waals surface area contributed by atoms with Gasteiger partial charge in [-0.15, -0.1) is 0 Å². The van der Waals surface area contributed by atoms with Crippen molar-refractivity contribution < 1.29 is 14.3 Å². The Kier molecular flexibility index (Phi) is 6.37. The molecule has 1 fully saturated rings. The Hall–Kier alpha value is -1.73. The Morgan fingerprint density at radius 3 is 2.71 bits per heavy atom. The largest absolute Gasteiger partial charge is 0.467 e. The first kappa shape index (κ1) is 17.1. The van der Waals surface area contributed by atoms with Crippen LogP contribution in [0.2, 0.25) is 0 Å². The van der Waals surface area contributed by atoms with Gasteiger partial charge in [-0.25, -0.2) is 0 Å². The molecule has 2 aromatic rings. The van der Waals surface area contributed by atoms with Gasteiger partial charge in [0.2, 0.25) is 0 Å². The monoisotopic (exact) mass is 331 g/mol. The molecule has 3 heterocycles. The highest BCUT2D eigenvalue weighted by Gasteiger charge is 2.19. The van der Waals surface area contributed by atoms with E-state index in [4.69, 9.17) is 9.15 Å². The second kappa shape index (κ2) is 8.94. The predicted molar refractivity (Wildman–Crippen MR) is 90.3 cm³/mol. The Morgan fingerprint density at radius 1 is 1.17 bits per heavy atom. The van der Waals surface area contributed by atoms with Gasteiger partial charge in [0.1, 0.15) is 12.4 Å². The van der Waals surface area contributed by atoms with Gasteiger partial charge in [0, 0.05) is 51.7 Å². The predicted octanol–water partition coefficient (Wildman–Crippen LogP) is 1.37. The summed E-state index contributed by atoms with van der Waals surface area (Å²) in [6, 6.07) is 7.79. The fourth-order valence-electron chi connectivity index (χ4n) is 2.92. The van der Waals surface area contributed by atoms with Gasteiger partial charge < -0.3 is 14.3 Å².